The number of nitrogens with one attached hydrogen (secondary N) is 2. The number of carbonyl (C=O) groups excluding carboxylic acids is 1. The average Bonchev–Trinajstić information content (AvgIpc) is 2.99. The molecule has 0 aliphatic rings. The van der Waals surface area contributed by atoms with E-state index in [1.54, 1.807) is 0 Å². The Hall–Kier alpha value is -2.10. The van der Waals surface area contributed by atoms with Crippen LogP contribution in [0.25, 0.3) is 10.9 Å². The number of rotatable bonds is 5. The van der Waals surface area contributed by atoms with Crippen LogP contribution in [0.2, 0.25) is 5.02 Å². The van der Waals surface area contributed by atoms with Crippen LogP contribution in [0.15, 0.2) is 54.7 Å². The lowest BCUT2D eigenvalue weighted by atomic mass is 10.0. The summed E-state index contributed by atoms with van der Waals surface area (Å²) >= 11 is 5.92. The van der Waals surface area contributed by atoms with Gasteiger partial charge in [0.2, 0.25) is 5.78 Å². The number of benzene rings is 2. The molecule has 1 heterocycles. The number of carbonyl (C=O) groups is 1. The van der Waals surface area contributed by atoms with Crippen LogP contribution < -0.4 is 4.90 Å². The molecule has 0 fully saturated rings. The molecule has 0 amide bonds. The lowest BCUT2D eigenvalue weighted by molar-refractivity contribution is -0.907. The number of para-hydroxylation sites is 1. The second-order valence-electron chi connectivity index (χ2n) is 5.98. The van der Waals surface area contributed by atoms with E-state index >= 15 is 0 Å². The van der Waals surface area contributed by atoms with Gasteiger partial charge in [0.1, 0.15) is 12.6 Å². The second kappa shape index (κ2) is 6.57. The maximum atomic E-state index is 12.8. The Morgan fingerprint density at radius 1 is 1.17 bits per heavy atom. The van der Waals surface area contributed by atoms with Crippen LogP contribution in [0.5, 0.6) is 0 Å². The molecule has 2 atom stereocenters. The van der Waals surface area contributed by atoms with Crippen molar-refractivity contribution in [2.24, 2.45) is 0 Å². The molecule has 118 valence electrons. The van der Waals surface area contributed by atoms with Crippen LogP contribution in [0.3, 0.4) is 0 Å². The van der Waals surface area contributed by atoms with Crippen molar-refractivity contribution < 1.29 is 9.69 Å². The Morgan fingerprint density at radius 3 is 2.61 bits per heavy atom. The highest BCUT2D eigenvalue weighted by atomic mass is 35.5. The first-order chi connectivity index (χ1) is 11.1. The van der Waals surface area contributed by atoms with Crippen LogP contribution >= 0.6 is 11.6 Å². The van der Waals surface area contributed by atoms with Gasteiger partial charge in [0.05, 0.1) is 7.05 Å². The van der Waals surface area contributed by atoms with Gasteiger partial charge in [-0.2, -0.15) is 0 Å². The number of likely N-dealkylation sites (N-methyl/N-ethyl adjacent to an activating group) is 1. The van der Waals surface area contributed by atoms with E-state index in [2.05, 4.69) is 4.98 Å². The molecule has 23 heavy (non-hydrogen) atoms. The zero-order valence-electron chi connectivity index (χ0n) is 13.3. The zero-order chi connectivity index (χ0) is 16.4. The summed E-state index contributed by atoms with van der Waals surface area (Å²) in [5, 5.41) is 1.72. The molecule has 0 saturated heterocycles. The molecule has 0 aliphatic heterocycles. The Bertz CT molecular complexity index is 823. The number of halogens is 1. The minimum Gasteiger partial charge on any atom is -0.360 e. The van der Waals surface area contributed by atoms with Gasteiger partial charge in [-0.15, -0.1) is 0 Å². The summed E-state index contributed by atoms with van der Waals surface area (Å²) in [5.41, 5.74) is 2.94. The standard InChI is InChI=1S/C19H19ClN2O/c1-13(22(2)12-14-7-9-15(20)10-8-14)19(23)17-11-21-18-6-4-3-5-16(17)18/h3-11,13,21H,12H2,1-2H3/p+1/t13-/m1/s1. The van der Waals surface area contributed by atoms with Crippen LogP contribution in [0.4, 0.5) is 0 Å². The second-order valence-corrected chi connectivity index (χ2v) is 6.42. The molecule has 0 saturated carbocycles. The minimum atomic E-state index is -0.120. The van der Waals surface area contributed by atoms with Crippen LogP contribution in [0, 0.1) is 0 Å². The van der Waals surface area contributed by atoms with Gasteiger partial charge in [-0.05, 0) is 25.1 Å². The summed E-state index contributed by atoms with van der Waals surface area (Å²) in [6, 6.07) is 15.6. The van der Waals surface area contributed by atoms with E-state index < -0.39 is 0 Å². The predicted octanol–water partition coefficient (Wildman–Crippen LogP) is 3.11. The van der Waals surface area contributed by atoms with Gasteiger partial charge in [0, 0.05) is 33.2 Å². The maximum Gasteiger partial charge on any atom is 0.221 e. The molecule has 0 aliphatic carbocycles. The van der Waals surface area contributed by atoms with Gasteiger partial charge < -0.3 is 9.88 Å². The van der Waals surface area contributed by atoms with Gasteiger partial charge >= 0.3 is 0 Å². The zero-order valence-corrected chi connectivity index (χ0v) is 14.0. The fourth-order valence-corrected chi connectivity index (χ4v) is 2.94. The van der Waals surface area contributed by atoms with Crippen molar-refractivity contribution in [3.05, 3.63) is 70.9 Å². The van der Waals surface area contributed by atoms with Crippen LogP contribution in [-0.4, -0.2) is 23.9 Å². The van der Waals surface area contributed by atoms with E-state index in [9.17, 15) is 4.79 Å². The summed E-state index contributed by atoms with van der Waals surface area (Å²) in [4.78, 5) is 17.2. The van der Waals surface area contributed by atoms with Crippen LogP contribution in [-0.2, 0) is 6.54 Å². The van der Waals surface area contributed by atoms with Gasteiger partial charge in [-0.1, -0.05) is 41.9 Å². The van der Waals surface area contributed by atoms with Crippen LogP contribution in [0.1, 0.15) is 22.8 Å². The summed E-state index contributed by atoms with van der Waals surface area (Å²) < 4.78 is 0. The molecule has 2 aromatic carbocycles. The third-order valence-corrected chi connectivity index (χ3v) is 4.64. The smallest absolute Gasteiger partial charge is 0.221 e. The maximum absolute atomic E-state index is 12.8. The highest BCUT2D eigenvalue weighted by Gasteiger charge is 2.25. The molecule has 4 heteroatoms. The third kappa shape index (κ3) is 3.31. The predicted molar refractivity (Wildman–Crippen MR) is 94.1 cm³/mol. The molecular formula is C19H20ClN2O+. The minimum absolute atomic E-state index is 0.120. The van der Waals surface area contributed by atoms with Crippen molar-refractivity contribution in [1.29, 1.82) is 0 Å². The summed E-state index contributed by atoms with van der Waals surface area (Å²) in [6.45, 7) is 2.77. The third-order valence-electron chi connectivity index (χ3n) is 4.38. The van der Waals surface area contributed by atoms with E-state index in [0.29, 0.717) is 0 Å². The first-order valence-electron chi connectivity index (χ1n) is 7.73. The normalized spacial score (nSPS) is 13.9. The Balaban J connectivity index is 1.77. The van der Waals surface area contributed by atoms with E-state index in [4.69, 9.17) is 11.6 Å². The number of aromatic amines is 1. The van der Waals surface area contributed by atoms with Gasteiger partial charge in [0.25, 0.3) is 0 Å². The molecular weight excluding hydrogens is 308 g/mol. The number of quaternary nitrogens is 1. The van der Waals surface area contributed by atoms with Crippen molar-refractivity contribution >= 4 is 28.3 Å². The molecule has 3 nitrogen and oxygen atoms in total. The lowest BCUT2D eigenvalue weighted by Gasteiger charge is -2.20. The number of H-pyrrole nitrogens is 1. The van der Waals surface area contributed by atoms with Crippen molar-refractivity contribution in [3.8, 4) is 0 Å². The monoisotopic (exact) mass is 327 g/mol. The van der Waals surface area contributed by atoms with Gasteiger partial charge in [0.15, 0.2) is 0 Å². The Morgan fingerprint density at radius 2 is 1.87 bits per heavy atom. The molecule has 3 rings (SSSR count). The molecule has 0 bridgehead atoms. The van der Waals surface area contributed by atoms with E-state index in [0.717, 1.165) is 32.9 Å². The summed E-state index contributed by atoms with van der Waals surface area (Å²) in [5.74, 6) is 0.161. The van der Waals surface area contributed by atoms with Gasteiger partial charge in [-0.3, -0.25) is 4.79 Å². The fourth-order valence-electron chi connectivity index (χ4n) is 2.81. The Kier molecular flexibility index (Phi) is 4.51. The number of ketones is 1. The van der Waals surface area contributed by atoms with E-state index in [-0.39, 0.29) is 11.8 Å². The lowest BCUT2D eigenvalue weighted by Crippen LogP contribution is -3.12. The molecule has 1 aromatic heterocycles. The first kappa shape index (κ1) is 15.8. The van der Waals surface area contributed by atoms with Crippen molar-refractivity contribution in [3.63, 3.8) is 0 Å². The molecule has 3 aromatic rings. The molecule has 0 radical (unpaired) electrons. The Labute approximate surface area is 140 Å². The van der Waals surface area contributed by atoms with Gasteiger partial charge in [-0.25, -0.2) is 0 Å². The largest absolute Gasteiger partial charge is 0.360 e. The average molecular weight is 328 g/mol. The summed E-state index contributed by atoms with van der Waals surface area (Å²) in [7, 11) is 2.05. The number of fused-ring (bicyclic) bond motifs is 1. The van der Waals surface area contributed by atoms with Crippen molar-refractivity contribution in [1.82, 2.24) is 4.98 Å². The molecule has 0 spiro atoms. The van der Waals surface area contributed by atoms with E-state index in [1.165, 1.54) is 5.56 Å². The highest BCUT2D eigenvalue weighted by molar-refractivity contribution is 6.30. The SMILES string of the molecule is C[C@H](C(=O)c1c[nH]c2ccccc12)[NH+](C)Cc1ccc(Cl)cc1. The summed E-state index contributed by atoms with van der Waals surface area (Å²) in [6.07, 6.45) is 1.82. The molecule has 1 unspecified atom stereocenters. The first-order valence-corrected chi connectivity index (χ1v) is 8.11. The number of Topliss-reactive ketones (excluding diaryl/α,β-unsaturated/α-hetero) is 1. The van der Waals surface area contributed by atoms with Crippen molar-refractivity contribution in [2.45, 2.75) is 19.5 Å². The van der Waals surface area contributed by atoms with Crippen molar-refractivity contribution in [2.75, 3.05) is 7.05 Å². The van der Waals surface area contributed by atoms with E-state index in [1.807, 2.05) is 68.7 Å². The number of hydrogen-bond acceptors (Lipinski definition) is 1. The highest BCUT2D eigenvalue weighted by Crippen LogP contribution is 2.18. The number of hydrogen-bond donors (Lipinski definition) is 2. The number of aromatic nitrogens is 1. The fraction of sp³-hybridized carbons (Fsp3) is 0.211. The quantitative estimate of drug-likeness (QED) is 0.694. The topological polar surface area (TPSA) is 37.3 Å². The molecule has 2 N–H and O–H groups in total.